The van der Waals surface area contributed by atoms with Crippen LogP contribution in [0.4, 0.5) is 5.69 Å². The molecule has 0 bridgehead atoms. The lowest BCUT2D eigenvalue weighted by Gasteiger charge is -1.97. The monoisotopic (exact) mass is 207 g/mol. The maximum Gasteiger partial charge on any atom is 0.293 e. The highest BCUT2D eigenvalue weighted by Gasteiger charge is 2.13. The molecule has 0 unspecified atom stereocenters. The fraction of sp³-hybridized carbons (Fsp3) is 0.200. The average Bonchev–Trinajstić information content (AvgIpc) is 2.60. The van der Waals surface area contributed by atoms with Crippen LogP contribution in [-0.2, 0) is 16.0 Å². The van der Waals surface area contributed by atoms with E-state index < -0.39 is 0 Å². The number of benzene rings is 1. The normalized spacial score (nSPS) is 13.3. The molecule has 1 aliphatic heterocycles. The third-order valence-corrected chi connectivity index (χ3v) is 2.76. The molecule has 0 N–H and O–H groups in total. The molecule has 0 aliphatic carbocycles. The van der Waals surface area contributed by atoms with Crippen molar-refractivity contribution in [2.75, 3.05) is 5.94 Å². The molecule has 1 aromatic carbocycles. The lowest BCUT2D eigenvalue weighted by atomic mass is 10.2. The molecule has 3 nitrogen and oxygen atoms in total. The van der Waals surface area contributed by atoms with Crippen molar-refractivity contribution < 1.29 is 9.53 Å². The molecule has 0 atom stereocenters. The van der Waals surface area contributed by atoms with Gasteiger partial charge in [0.05, 0.1) is 10.7 Å². The fourth-order valence-electron chi connectivity index (χ4n) is 1.32. The van der Waals surface area contributed by atoms with Crippen LogP contribution in [0, 0.1) is 0 Å². The molecule has 1 aliphatic rings. The number of para-hydroxylation sites is 1. The van der Waals surface area contributed by atoms with Crippen LogP contribution in [0.1, 0.15) is 5.56 Å². The first kappa shape index (κ1) is 9.27. The summed E-state index contributed by atoms with van der Waals surface area (Å²) in [7, 11) is 0. The molecule has 1 heterocycles. The van der Waals surface area contributed by atoms with E-state index in [0.717, 1.165) is 17.2 Å². The van der Waals surface area contributed by atoms with Gasteiger partial charge in [-0.05, 0) is 11.6 Å². The van der Waals surface area contributed by atoms with E-state index in [1.54, 1.807) is 0 Å². The van der Waals surface area contributed by atoms with E-state index >= 15 is 0 Å². The SMILES string of the molecule is O=COCSC1=Nc2ccccc2C1. The van der Waals surface area contributed by atoms with Gasteiger partial charge in [0, 0.05) is 6.42 Å². The summed E-state index contributed by atoms with van der Waals surface area (Å²) >= 11 is 1.46. The second kappa shape index (κ2) is 4.28. The Labute approximate surface area is 86.2 Å². The molecule has 2 rings (SSSR count). The Morgan fingerprint density at radius 1 is 1.50 bits per heavy atom. The number of aliphatic imine (C=N–C) groups is 1. The minimum absolute atomic E-state index is 0.344. The van der Waals surface area contributed by atoms with Gasteiger partial charge in [-0.3, -0.25) is 4.79 Å². The van der Waals surface area contributed by atoms with Crippen LogP contribution in [0.3, 0.4) is 0 Å². The van der Waals surface area contributed by atoms with Crippen molar-refractivity contribution in [3.8, 4) is 0 Å². The number of carbonyl (C=O) groups excluding carboxylic acids is 1. The first-order valence-electron chi connectivity index (χ1n) is 4.23. The van der Waals surface area contributed by atoms with Gasteiger partial charge in [-0.2, -0.15) is 0 Å². The van der Waals surface area contributed by atoms with Crippen molar-refractivity contribution in [1.29, 1.82) is 0 Å². The number of carbonyl (C=O) groups is 1. The average molecular weight is 207 g/mol. The van der Waals surface area contributed by atoms with Gasteiger partial charge < -0.3 is 4.74 Å². The van der Waals surface area contributed by atoms with Gasteiger partial charge in [0.25, 0.3) is 6.47 Å². The first-order chi connectivity index (χ1) is 6.90. The van der Waals surface area contributed by atoms with E-state index in [2.05, 4.69) is 15.8 Å². The summed E-state index contributed by atoms with van der Waals surface area (Å²) < 4.78 is 4.60. The second-order valence-electron chi connectivity index (χ2n) is 2.84. The van der Waals surface area contributed by atoms with E-state index in [1.165, 1.54) is 17.3 Å². The maximum absolute atomic E-state index is 9.92. The van der Waals surface area contributed by atoms with E-state index in [1.807, 2.05) is 18.2 Å². The minimum atomic E-state index is 0.344. The molecular weight excluding hydrogens is 198 g/mol. The molecule has 0 saturated heterocycles. The Kier molecular flexibility index (Phi) is 2.84. The quantitative estimate of drug-likeness (QED) is 0.433. The van der Waals surface area contributed by atoms with E-state index in [0.29, 0.717) is 12.4 Å². The van der Waals surface area contributed by atoms with Crippen LogP contribution >= 0.6 is 11.8 Å². The Morgan fingerprint density at radius 3 is 3.14 bits per heavy atom. The highest BCUT2D eigenvalue weighted by Crippen LogP contribution is 2.29. The number of thioether (sulfide) groups is 1. The summed E-state index contributed by atoms with van der Waals surface area (Å²) in [4.78, 5) is 14.3. The Bertz CT molecular complexity index is 376. The molecule has 0 aromatic heterocycles. The van der Waals surface area contributed by atoms with Crippen LogP contribution in [0.25, 0.3) is 0 Å². The highest BCUT2D eigenvalue weighted by molar-refractivity contribution is 8.13. The summed E-state index contributed by atoms with van der Waals surface area (Å²) in [5, 5.41) is 1.01. The molecule has 0 radical (unpaired) electrons. The number of fused-ring (bicyclic) bond motifs is 1. The third kappa shape index (κ3) is 1.96. The molecule has 14 heavy (non-hydrogen) atoms. The van der Waals surface area contributed by atoms with Crippen molar-refractivity contribution in [1.82, 2.24) is 0 Å². The van der Waals surface area contributed by atoms with E-state index in [-0.39, 0.29) is 0 Å². The Balaban J connectivity index is 1.98. The van der Waals surface area contributed by atoms with Crippen molar-refractivity contribution in [2.45, 2.75) is 6.42 Å². The molecule has 0 amide bonds. The van der Waals surface area contributed by atoms with Gasteiger partial charge in [0.2, 0.25) is 0 Å². The van der Waals surface area contributed by atoms with Crippen LogP contribution in [-0.4, -0.2) is 17.5 Å². The maximum atomic E-state index is 9.92. The molecular formula is C10H9NO2S. The predicted molar refractivity (Wildman–Crippen MR) is 56.8 cm³/mol. The lowest BCUT2D eigenvalue weighted by molar-refractivity contribution is -0.126. The topological polar surface area (TPSA) is 38.7 Å². The number of rotatable bonds is 3. The Hall–Kier alpha value is -1.29. The van der Waals surface area contributed by atoms with Crippen molar-refractivity contribution >= 4 is 29.0 Å². The van der Waals surface area contributed by atoms with Gasteiger partial charge in [0.15, 0.2) is 0 Å². The van der Waals surface area contributed by atoms with Gasteiger partial charge in [-0.15, -0.1) is 0 Å². The third-order valence-electron chi connectivity index (χ3n) is 1.94. The Morgan fingerprint density at radius 2 is 2.36 bits per heavy atom. The molecule has 72 valence electrons. The zero-order valence-electron chi connectivity index (χ0n) is 7.47. The molecule has 4 heteroatoms. The number of ether oxygens (including phenoxy) is 1. The zero-order valence-corrected chi connectivity index (χ0v) is 8.29. The van der Waals surface area contributed by atoms with Crippen LogP contribution in [0.2, 0.25) is 0 Å². The summed E-state index contributed by atoms with van der Waals surface area (Å²) in [6.07, 6.45) is 0.850. The van der Waals surface area contributed by atoms with Gasteiger partial charge >= 0.3 is 0 Å². The summed E-state index contributed by atoms with van der Waals surface area (Å²) in [6.45, 7) is 0.454. The number of hydrogen-bond acceptors (Lipinski definition) is 4. The van der Waals surface area contributed by atoms with E-state index in [4.69, 9.17) is 0 Å². The summed E-state index contributed by atoms with van der Waals surface area (Å²) in [6, 6.07) is 8.03. The van der Waals surface area contributed by atoms with Gasteiger partial charge in [-0.1, -0.05) is 30.0 Å². The van der Waals surface area contributed by atoms with Crippen LogP contribution in [0.15, 0.2) is 29.3 Å². The predicted octanol–water partition coefficient (Wildman–Crippen LogP) is 2.14. The van der Waals surface area contributed by atoms with Gasteiger partial charge in [0.1, 0.15) is 5.94 Å². The lowest BCUT2D eigenvalue weighted by Crippen LogP contribution is -1.95. The standard InChI is InChI=1S/C10H9NO2S/c12-6-13-7-14-10-5-8-3-1-2-4-9(8)11-10/h1-4,6H,5,7H2. The summed E-state index contributed by atoms with van der Waals surface area (Å²) in [5.74, 6) is 0.344. The van der Waals surface area contributed by atoms with Gasteiger partial charge in [-0.25, -0.2) is 4.99 Å². The van der Waals surface area contributed by atoms with Crippen molar-refractivity contribution in [2.24, 2.45) is 4.99 Å². The smallest absolute Gasteiger partial charge is 0.293 e. The molecule has 0 spiro atoms. The largest absolute Gasteiger partial charge is 0.456 e. The van der Waals surface area contributed by atoms with Crippen LogP contribution in [0.5, 0.6) is 0 Å². The first-order valence-corrected chi connectivity index (χ1v) is 5.22. The molecule has 0 fully saturated rings. The zero-order chi connectivity index (χ0) is 9.80. The summed E-state index contributed by atoms with van der Waals surface area (Å²) in [5.41, 5.74) is 2.27. The van der Waals surface area contributed by atoms with Crippen molar-refractivity contribution in [3.63, 3.8) is 0 Å². The number of hydrogen-bond donors (Lipinski definition) is 0. The molecule has 1 aromatic rings. The minimum Gasteiger partial charge on any atom is -0.456 e. The van der Waals surface area contributed by atoms with Crippen molar-refractivity contribution in [3.05, 3.63) is 29.8 Å². The molecule has 0 saturated carbocycles. The second-order valence-corrected chi connectivity index (χ2v) is 3.83. The highest BCUT2D eigenvalue weighted by atomic mass is 32.2. The number of nitrogens with zero attached hydrogens (tertiary/aromatic N) is 1. The van der Waals surface area contributed by atoms with E-state index in [9.17, 15) is 4.79 Å². The van der Waals surface area contributed by atoms with Crippen LogP contribution < -0.4 is 0 Å². The fourth-order valence-corrected chi connectivity index (χ4v) is 2.00.